The third-order valence-electron chi connectivity index (χ3n) is 1.20. The van der Waals surface area contributed by atoms with Gasteiger partial charge in [0.2, 0.25) is 0 Å². The predicted molar refractivity (Wildman–Crippen MR) is 45.4 cm³/mol. The predicted octanol–water partition coefficient (Wildman–Crippen LogP) is 0.697. The summed E-state index contributed by atoms with van der Waals surface area (Å²) in [4.78, 5) is 10.4. The zero-order valence-electron chi connectivity index (χ0n) is 5.83. The summed E-state index contributed by atoms with van der Waals surface area (Å²) >= 11 is 1.41. The SMILES string of the molecule is NCc1ccsc1NC(N)=O. The zero-order chi connectivity index (χ0) is 8.27. The van der Waals surface area contributed by atoms with Crippen LogP contribution in [0.15, 0.2) is 11.4 Å². The highest BCUT2D eigenvalue weighted by atomic mass is 32.1. The van der Waals surface area contributed by atoms with Crippen LogP contribution in [0.3, 0.4) is 0 Å². The number of hydrogen-bond donors (Lipinski definition) is 3. The lowest BCUT2D eigenvalue weighted by Gasteiger charge is -1.99. The second-order valence-electron chi connectivity index (χ2n) is 1.97. The molecule has 11 heavy (non-hydrogen) atoms. The molecule has 0 radical (unpaired) electrons. The topological polar surface area (TPSA) is 81.1 Å². The molecule has 0 saturated heterocycles. The first-order valence-corrected chi connectivity index (χ1v) is 3.95. The molecule has 1 rings (SSSR count). The van der Waals surface area contributed by atoms with E-state index in [1.165, 1.54) is 11.3 Å². The minimum absolute atomic E-state index is 0.416. The molecule has 5 heteroatoms. The van der Waals surface area contributed by atoms with Crippen molar-refractivity contribution in [3.05, 3.63) is 17.0 Å². The Bertz CT molecular complexity index is 258. The van der Waals surface area contributed by atoms with Crippen molar-refractivity contribution in [2.75, 3.05) is 5.32 Å². The van der Waals surface area contributed by atoms with Gasteiger partial charge >= 0.3 is 6.03 Å². The number of thiophene rings is 1. The van der Waals surface area contributed by atoms with Gasteiger partial charge in [0.25, 0.3) is 0 Å². The van der Waals surface area contributed by atoms with Crippen molar-refractivity contribution in [1.29, 1.82) is 0 Å². The van der Waals surface area contributed by atoms with E-state index in [-0.39, 0.29) is 0 Å². The fourth-order valence-corrected chi connectivity index (χ4v) is 1.55. The number of rotatable bonds is 2. The minimum Gasteiger partial charge on any atom is -0.351 e. The molecule has 4 nitrogen and oxygen atoms in total. The molecule has 0 aliphatic carbocycles. The van der Waals surface area contributed by atoms with E-state index in [1.807, 2.05) is 11.4 Å². The van der Waals surface area contributed by atoms with E-state index in [1.54, 1.807) is 0 Å². The van der Waals surface area contributed by atoms with E-state index in [4.69, 9.17) is 11.5 Å². The molecule has 60 valence electrons. The Kier molecular flexibility index (Phi) is 2.45. The van der Waals surface area contributed by atoms with Crippen molar-refractivity contribution in [2.24, 2.45) is 11.5 Å². The highest BCUT2D eigenvalue weighted by Gasteiger charge is 2.02. The second kappa shape index (κ2) is 3.36. The number of anilines is 1. The lowest BCUT2D eigenvalue weighted by molar-refractivity contribution is 0.259. The van der Waals surface area contributed by atoms with Gasteiger partial charge in [0, 0.05) is 12.1 Å². The highest BCUT2D eigenvalue weighted by Crippen LogP contribution is 2.21. The normalized spacial score (nSPS) is 9.55. The Hall–Kier alpha value is -1.07. The highest BCUT2D eigenvalue weighted by molar-refractivity contribution is 7.14. The molecule has 5 N–H and O–H groups in total. The standard InChI is InChI=1S/C6H9N3OS/c7-3-4-1-2-11-5(4)9-6(8)10/h1-2H,3,7H2,(H3,8,9,10). The molecule has 1 heterocycles. The molecule has 0 bridgehead atoms. The molecule has 0 fully saturated rings. The first-order valence-electron chi connectivity index (χ1n) is 3.07. The van der Waals surface area contributed by atoms with E-state index in [9.17, 15) is 4.79 Å². The van der Waals surface area contributed by atoms with E-state index in [0.717, 1.165) is 10.6 Å². The van der Waals surface area contributed by atoms with Crippen LogP contribution in [0.25, 0.3) is 0 Å². The quantitative estimate of drug-likeness (QED) is 0.612. The van der Waals surface area contributed by atoms with Gasteiger partial charge in [-0.2, -0.15) is 0 Å². The molecular weight excluding hydrogens is 162 g/mol. The molecule has 1 aromatic heterocycles. The van der Waals surface area contributed by atoms with Gasteiger partial charge in [0.05, 0.1) is 0 Å². The Labute approximate surface area is 68.2 Å². The third-order valence-corrected chi connectivity index (χ3v) is 2.08. The molecule has 2 amide bonds. The minimum atomic E-state index is -0.554. The number of amides is 2. The van der Waals surface area contributed by atoms with Crippen LogP contribution in [0, 0.1) is 0 Å². The average Bonchev–Trinajstić information content (AvgIpc) is 2.34. The molecule has 0 aromatic carbocycles. The summed E-state index contributed by atoms with van der Waals surface area (Å²) in [5.74, 6) is 0. The Morgan fingerprint density at radius 1 is 1.73 bits per heavy atom. The summed E-state index contributed by atoms with van der Waals surface area (Å²) in [5, 5.41) is 5.07. The van der Waals surface area contributed by atoms with E-state index in [2.05, 4.69) is 5.32 Å². The fourth-order valence-electron chi connectivity index (χ4n) is 0.718. The van der Waals surface area contributed by atoms with Crippen molar-refractivity contribution < 1.29 is 4.79 Å². The van der Waals surface area contributed by atoms with Gasteiger partial charge in [-0.25, -0.2) is 4.79 Å². The summed E-state index contributed by atoms with van der Waals surface area (Å²) < 4.78 is 0. The first kappa shape index (κ1) is 8.03. The van der Waals surface area contributed by atoms with Gasteiger partial charge in [0.15, 0.2) is 0 Å². The van der Waals surface area contributed by atoms with Crippen LogP contribution in [0.2, 0.25) is 0 Å². The van der Waals surface area contributed by atoms with Crippen LogP contribution in [-0.2, 0) is 6.54 Å². The average molecular weight is 171 g/mol. The molecule has 0 aliphatic heterocycles. The van der Waals surface area contributed by atoms with Crippen LogP contribution < -0.4 is 16.8 Å². The number of nitrogens with one attached hydrogen (secondary N) is 1. The number of primary amides is 1. The molecule has 0 aliphatic rings. The maximum atomic E-state index is 10.4. The van der Waals surface area contributed by atoms with E-state index < -0.39 is 6.03 Å². The summed E-state index contributed by atoms with van der Waals surface area (Å²) in [6, 6.07) is 1.30. The molecule has 0 saturated carbocycles. The number of carbonyl (C=O) groups excluding carboxylic acids is 1. The number of hydrogen-bond acceptors (Lipinski definition) is 3. The van der Waals surface area contributed by atoms with Crippen molar-refractivity contribution in [1.82, 2.24) is 0 Å². The van der Waals surface area contributed by atoms with Crippen LogP contribution in [-0.4, -0.2) is 6.03 Å². The maximum Gasteiger partial charge on any atom is 0.317 e. The smallest absolute Gasteiger partial charge is 0.317 e. The van der Waals surface area contributed by atoms with E-state index >= 15 is 0 Å². The van der Waals surface area contributed by atoms with Crippen LogP contribution in [0.4, 0.5) is 9.80 Å². The van der Waals surface area contributed by atoms with Gasteiger partial charge in [0.1, 0.15) is 5.00 Å². The Morgan fingerprint density at radius 2 is 2.45 bits per heavy atom. The Morgan fingerprint density at radius 3 is 3.00 bits per heavy atom. The second-order valence-corrected chi connectivity index (χ2v) is 2.88. The van der Waals surface area contributed by atoms with Gasteiger partial charge in [-0.1, -0.05) is 0 Å². The molecule has 0 unspecified atom stereocenters. The van der Waals surface area contributed by atoms with Crippen molar-refractivity contribution in [3.8, 4) is 0 Å². The molecule has 1 aromatic rings. The summed E-state index contributed by atoms with van der Waals surface area (Å²) in [6.07, 6.45) is 0. The summed E-state index contributed by atoms with van der Waals surface area (Å²) in [5.41, 5.74) is 11.2. The number of urea groups is 1. The van der Waals surface area contributed by atoms with Crippen molar-refractivity contribution >= 4 is 22.4 Å². The summed E-state index contributed by atoms with van der Waals surface area (Å²) in [6.45, 7) is 0.416. The lowest BCUT2D eigenvalue weighted by atomic mass is 10.3. The van der Waals surface area contributed by atoms with E-state index in [0.29, 0.717) is 6.54 Å². The van der Waals surface area contributed by atoms with Gasteiger partial charge < -0.3 is 11.5 Å². The fraction of sp³-hybridized carbons (Fsp3) is 0.167. The molecule has 0 spiro atoms. The van der Waals surface area contributed by atoms with Crippen LogP contribution >= 0.6 is 11.3 Å². The maximum absolute atomic E-state index is 10.4. The van der Waals surface area contributed by atoms with Crippen molar-refractivity contribution in [2.45, 2.75) is 6.54 Å². The van der Waals surface area contributed by atoms with Gasteiger partial charge in [-0.05, 0) is 11.4 Å². The molecule has 0 atom stereocenters. The molecular formula is C6H9N3OS. The first-order chi connectivity index (χ1) is 5.24. The number of nitrogens with two attached hydrogens (primary N) is 2. The Balaban J connectivity index is 2.76. The van der Waals surface area contributed by atoms with Gasteiger partial charge in [-0.15, -0.1) is 11.3 Å². The zero-order valence-corrected chi connectivity index (χ0v) is 6.65. The lowest BCUT2D eigenvalue weighted by Crippen LogP contribution is -2.19. The van der Waals surface area contributed by atoms with Gasteiger partial charge in [-0.3, -0.25) is 5.32 Å². The number of carbonyl (C=O) groups is 1. The van der Waals surface area contributed by atoms with Crippen LogP contribution in [0.1, 0.15) is 5.56 Å². The van der Waals surface area contributed by atoms with Crippen LogP contribution in [0.5, 0.6) is 0 Å². The van der Waals surface area contributed by atoms with Crippen molar-refractivity contribution in [3.63, 3.8) is 0 Å². The summed E-state index contributed by atoms with van der Waals surface area (Å²) in [7, 11) is 0. The largest absolute Gasteiger partial charge is 0.351 e. The third kappa shape index (κ3) is 1.92. The monoisotopic (exact) mass is 171 g/mol.